The third-order valence-corrected chi connectivity index (χ3v) is 2.55. The Labute approximate surface area is 88.4 Å². The molecular formula is C10H14N2O3. The van der Waals surface area contributed by atoms with Crippen LogP contribution >= 0.6 is 0 Å². The molecule has 0 aromatic rings. The van der Waals surface area contributed by atoms with Crippen LogP contribution in [0.4, 0.5) is 0 Å². The van der Waals surface area contributed by atoms with Gasteiger partial charge >= 0.3 is 5.97 Å². The molecule has 1 fully saturated rings. The van der Waals surface area contributed by atoms with Crippen LogP contribution in [0.1, 0.15) is 26.2 Å². The maximum atomic E-state index is 11.5. The lowest BCUT2D eigenvalue weighted by Gasteiger charge is -2.33. The van der Waals surface area contributed by atoms with Crippen molar-refractivity contribution in [3.05, 3.63) is 0 Å². The van der Waals surface area contributed by atoms with E-state index in [-0.39, 0.29) is 19.1 Å². The number of rotatable bonds is 4. The number of nitrogens with one attached hydrogen (secondary N) is 1. The van der Waals surface area contributed by atoms with Crippen molar-refractivity contribution in [3.63, 3.8) is 0 Å². The van der Waals surface area contributed by atoms with Crippen LogP contribution in [0.25, 0.3) is 0 Å². The van der Waals surface area contributed by atoms with Crippen molar-refractivity contribution in [2.75, 3.05) is 13.2 Å². The Hall–Kier alpha value is -1.57. The molecule has 0 saturated heterocycles. The Bertz CT molecular complexity index is 302. The number of hydrogen-bond acceptors (Lipinski definition) is 4. The quantitative estimate of drug-likeness (QED) is 0.679. The number of carbonyl (C=O) groups excluding carboxylic acids is 2. The predicted molar refractivity (Wildman–Crippen MR) is 51.5 cm³/mol. The molecule has 1 aliphatic rings. The topological polar surface area (TPSA) is 79.2 Å². The van der Waals surface area contributed by atoms with Gasteiger partial charge in [0.2, 0.25) is 5.91 Å². The van der Waals surface area contributed by atoms with Crippen LogP contribution in [0.2, 0.25) is 0 Å². The van der Waals surface area contributed by atoms with E-state index in [4.69, 9.17) is 5.26 Å². The Morgan fingerprint density at radius 3 is 2.60 bits per heavy atom. The molecule has 1 rings (SSSR count). The molecule has 82 valence electrons. The molecule has 1 aliphatic carbocycles. The van der Waals surface area contributed by atoms with Gasteiger partial charge in [0, 0.05) is 0 Å². The lowest BCUT2D eigenvalue weighted by atomic mass is 9.69. The lowest BCUT2D eigenvalue weighted by molar-refractivity contribution is -0.144. The van der Waals surface area contributed by atoms with E-state index in [0.29, 0.717) is 12.8 Å². The highest BCUT2D eigenvalue weighted by molar-refractivity contribution is 5.89. The van der Waals surface area contributed by atoms with Gasteiger partial charge in [0.25, 0.3) is 0 Å². The highest BCUT2D eigenvalue weighted by Crippen LogP contribution is 2.40. The predicted octanol–water partition coefficient (Wildman–Crippen LogP) is 0.360. The highest BCUT2D eigenvalue weighted by atomic mass is 16.5. The van der Waals surface area contributed by atoms with E-state index in [2.05, 4.69) is 10.1 Å². The summed E-state index contributed by atoms with van der Waals surface area (Å²) in [5.74, 6) is -0.831. The van der Waals surface area contributed by atoms with Crippen LogP contribution < -0.4 is 5.32 Å². The summed E-state index contributed by atoms with van der Waals surface area (Å²) in [5.41, 5.74) is -0.896. The second-order valence-corrected chi connectivity index (χ2v) is 3.54. The first-order valence-electron chi connectivity index (χ1n) is 5.00. The smallest absolute Gasteiger partial charge is 0.325 e. The van der Waals surface area contributed by atoms with Crippen LogP contribution in [-0.2, 0) is 14.3 Å². The minimum atomic E-state index is -0.896. The van der Waals surface area contributed by atoms with E-state index in [1.54, 1.807) is 6.92 Å². The molecule has 1 saturated carbocycles. The van der Waals surface area contributed by atoms with Crippen LogP contribution in [0, 0.1) is 16.7 Å². The zero-order valence-corrected chi connectivity index (χ0v) is 8.71. The van der Waals surface area contributed by atoms with Gasteiger partial charge in [-0.15, -0.1) is 0 Å². The average Bonchev–Trinajstić information content (AvgIpc) is 2.14. The second-order valence-electron chi connectivity index (χ2n) is 3.54. The Balaban J connectivity index is 2.36. The lowest BCUT2D eigenvalue weighted by Crippen LogP contribution is -2.46. The highest BCUT2D eigenvalue weighted by Gasteiger charge is 2.44. The molecule has 15 heavy (non-hydrogen) atoms. The normalized spacial score (nSPS) is 17.1. The molecule has 0 radical (unpaired) electrons. The van der Waals surface area contributed by atoms with Gasteiger partial charge < -0.3 is 10.1 Å². The zero-order chi connectivity index (χ0) is 11.3. The average molecular weight is 210 g/mol. The van der Waals surface area contributed by atoms with Gasteiger partial charge in [-0.05, 0) is 26.2 Å². The maximum absolute atomic E-state index is 11.5. The van der Waals surface area contributed by atoms with Gasteiger partial charge in [-0.2, -0.15) is 5.26 Å². The van der Waals surface area contributed by atoms with E-state index in [1.165, 1.54) is 0 Å². The summed E-state index contributed by atoms with van der Waals surface area (Å²) < 4.78 is 4.65. The van der Waals surface area contributed by atoms with E-state index < -0.39 is 11.4 Å². The van der Waals surface area contributed by atoms with Gasteiger partial charge in [-0.3, -0.25) is 9.59 Å². The SMILES string of the molecule is CCOC(=O)CNC(=O)C1(C#N)CCC1. The molecule has 0 aromatic carbocycles. The summed E-state index contributed by atoms with van der Waals surface area (Å²) in [6.45, 7) is 1.83. The Morgan fingerprint density at radius 1 is 1.53 bits per heavy atom. The third-order valence-electron chi connectivity index (χ3n) is 2.55. The number of nitriles is 1. The van der Waals surface area contributed by atoms with Crippen molar-refractivity contribution >= 4 is 11.9 Å². The molecule has 0 aliphatic heterocycles. The van der Waals surface area contributed by atoms with E-state index in [9.17, 15) is 9.59 Å². The summed E-state index contributed by atoms with van der Waals surface area (Å²) >= 11 is 0. The molecule has 1 N–H and O–H groups in total. The van der Waals surface area contributed by atoms with E-state index >= 15 is 0 Å². The number of esters is 1. The van der Waals surface area contributed by atoms with Crippen molar-refractivity contribution < 1.29 is 14.3 Å². The summed E-state index contributed by atoms with van der Waals surface area (Å²) in [6.07, 6.45) is 2.05. The summed E-state index contributed by atoms with van der Waals surface area (Å²) in [5, 5.41) is 11.3. The molecule has 0 aromatic heterocycles. The monoisotopic (exact) mass is 210 g/mol. The van der Waals surface area contributed by atoms with Gasteiger partial charge in [0.1, 0.15) is 12.0 Å². The molecule has 0 spiro atoms. The van der Waals surface area contributed by atoms with Crippen molar-refractivity contribution in [1.29, 1.82) is 5.26 Å². The van der Waals surface area contributed by atoms with Crippen LogP contribution in [0.5, 0.6) is 0 Å². The summed E-state index contributed by atoms with van der Waals surface area (Å²) in [4.78, 5) is 22.5. The first-order chi connectivity index (χ1) is 7.14. The number of ether oxygens (including phenoxy) is 1. The maximum Gasteiger partial charge on any atom is 0.325 e. The van der Waals surface area contributed by atoms with Crippen LogP contribution in [-0.4, -0.2) is 25.0 Å². The fourth-order valence-electron chi connectivity index (χ4n) is 1.45. The van der Waals surface area contributed by atoms with Crippen molar-refractivity contribution in [1.82, 2.24) is 5.32 Å². The van der Waals surface area contributed by atoms with E-state index in [0.717, 1.165) is 6.42 Å². The van der Waals surface area contributed by atoms with Crippen molar-refractivity contribution in [2.24, 2.45) is 5.41 Å². The molecule has 5 nitrogen and oxygen atoms in total. The minimum Gasteiger partial charge on any atom is -0.465 e. The number of nitrogens with zero attached hydrogens (tertiary/aromatic N) is 1. The largest absolute Gasteiger partial charge is 0.465 e. The van der Waals surface area contributed by atoms with Gasteiger partial charge in [0.15, 0.2) is 0 Å². The standard InChI is InChI=1S/C10H14N2O3/c1-2-15-8(13)6-12-9(14)10(7-11)4-3-5-10/h2-6H2,1H3,(H,12,14). The molecular weight excluding hydrogens is 196 g/mol. The van der Waals surface area contributed by atoms with Gasteiger partial charge in [-0.25, -0.2) is 0 Å². The second kappa shape index (κ2) is 4.78. The van der Waals surface area contributed by atoms with Crippen molar-refractivity contribution in [2.45, 2.75) is 26.2 Å². The molecule has 0 unspecified atom stereocenters. The molecule has 0 heterocycles. The molecule has 1 amide bonds. The first kappa shape index (κ1) is 11.5. The minimum absolute atomic E-state index is 0.157. The molecule has 0 bridgehead atoms. The number of carbonyl (C=O) groups is 2. The van der Waals surface area contributed by atoms with Gasteiger partial charge in [-0.1, -0.05) is 0 Å². The number of hydrogen-bond donors (Lipinski definition) is 1. The summed E-state index contributed by atoms with van der Waals surface area (Å²) in [6, 6.07) is 2.01. The van der Waals surface area contributed by atoms with Crippen molar-refractivity contribution in [3.8, 4) is 6.07 Å². The molecule has 0 atom stereocenters. The summed E-state index contributed by atoms with van der Waals surface area (Å²) in [7, 11) is 0. The fraction of sp³-hybridized carbons (Fsp3) is 0.700. The zero-order valence-electron chi connectivity index (χ0n) is 8.71. The Kier molecular flexibility index (Phi) is 3.67. The number of amides is 1. The molecule has 5 heteroatoms. The Morgan fingerprint density at radius 2 is 2.20 bits per heavy atom. The fourth-order valence-corrected chi connectivity index (χ4v) is 1.45. The van der Waals surface area contributed by atoms with Gasteiger partial charge in [0.05, 0.1) is 12.7 Å². The van der Waals surface area contributed by atoms with Crippen LogP contribution in [0.3, 0.4) is 0 Å². The van der Waals surface area contributed by atoms with E-state index in [1.807, 2.05) is 6.07 Å². The van der Waals surface area contributed by atoms with Crippen LogP contribution in [0.15, 0.2) is 0 Å². The first-order valence-corrected chi connectivity index (χ1v) is 5.00. The third kappa shape index (κ3) is 2.46.